The van der Waals surface area contributed by atoms with E-state index in [0.29, 0.717) is 11.7 Å². The number of hydrogen-bond acceptors (Lipinski definition) is 5. The lowest BCUT2D eigenvalue weighted by molar-refractivity contribution is 0.0912. The third-order valence-electron chi connectivity index (χ3n) is 5.42. The number of halogens is 1. The van der Waals surface area contributed by atoms with Crippen molar-refractivity contribution in [3.63, 3.8) is 0 Å². The summed E-state index contributed by atoms with van der Waals surface area (Å²) < 4.78 is 7.22. The van der Waals surface area contributed by atoms with Crippen LogP contribution in [0.15, 0.2) is 0 Å². The molecule has 0 spiro atoms. The molecule has 2 aliphatic rings. The number of nitrogens with zero attached hydrogens (tertiary/aromatic N) is 4. The van der Waals surface area contributed by atoms with Crippen LogP contribution in [0.4, 0.5) is 0 Å². The monoisotopic (exact) mass is 385 g/mol. The van der Waals surface area contributed by atoms with E-state index in [1.807, 2.05) is 4.57 Å². The Balaban J connectivity index is 0.00000243. The predicted molar refractivity (Wildman–Crippen MR) is 103 cm³/mol. The number of methoxy groups -OCH3 is 1. The summed E-state index contributed by atoms with van der Waals surface area (Å²) in [5, 5.41) is 11.7. The number of carbonyl (C=O) groups excluding carboxylic acids is 1. The Labute approximate surface area is 162 Å². The molecule has 26 heavy (non-hydrogen) atoms. The van der Waals surface area contributed by atoms with Gasteiger partial charge < -0.3 is 14.6 Å². The van der Waals surface area contributed by atoms with Crippen LogP contribution in [0.3, 0.4) is 0 Å². The molecule has 1 aromatic rings. The molecule has 1 N–H and O–H groups in total. The number of amides is 1. The van der Waals surface area contributed by atoms with Gasteiger partial charge in [-0.25, -0.2) is 0 Å². The normalized spacial score (nSPS) is 23.2. The summed E-state index contributed by atoms with van der Waals surface area (Å²) in [6.07, 6.45) is 6.61. The van der Waals surface area contributed by atoms with E-state index in [4.69, 9.17) is 4.74 Å². The fourth-order valence-corrected chi connectivity index (χ4v) is 4.08. The number of hydrogen-bond donors (Lipinski definition) is 1. The molecule has 1 amide bonds. The van der Waals surface area contributed by atoms with Crippen molar-refractivity contribution in [1.29, 1.82) is 0 Å². The smallest absolute Gasteiger partial charge is 0.289 e. The number of rotatable bonds is 7. The summed E-state index contributed by atoms with van der Waals surface area (Å²) in [4.78, 5) is 15.2. The van der Waals surface area contributed by atoms with Gasteiger partial charge in [-0.05, 0) is 25.2 Å². The van der Waals surface area contributed by atoms with E-state index in [0.717, 1.165) is 70.7 Å². The van der Waals surface area contributed by atoms with Gasteiger partial charge in [-0.3, -0.25) is 9.69 Å². The molecule has 1 fully saturated rings. The molecule has 1 saturated heterocycles. The molecule has 1 aromatic heterocycles. The maximum absolute atomic E-state index is 12.8. The lowest BCUT2D eigenvalue weighted by Crippen LogP contribution is -2.41. The van der Waals surface area contributed by atoms with Gasteiger partial charge in [0.1, 0.15) is 5.82 Å². The molecule has 0 saturated carbocycles. The fourth-order valence-electron chi connectivity index (χ4n) is 4.08. The second-order valence-corrected chi connectivity index (χ2v) is 7.28. The molecule has 0 bridgehead atoms. The maximum atomic E-state index is 12.8. The molecule has 3 rings (SSSR count). The molecule has 0 aliphatic carbocycles. The first-order valence-corrected chi connectivity index (χ1v) is 9.67. The van der Waals surface area contributed by atoms with E-state index in [1.165, 1.54) is 6.42 Å². The highest BCUT2D eigenvalue weighted by Crippen LogP contribution is 2.22. The molecule has 2 aliphatic heterocycles. The lowest BCUT2D eigenvalue weighted by atomic mass is 9.98. The zero-order chi connectivity index (χ0) is 17.6. The number of carbonyl (C=O) groups is 1. The van der Waals surface area contributed by atoms with Gasteiger partial charge in [0.2, 0.25) is 5.82 Å². The number of ether oxygens (including phenoxy) is 1. The van der Waals surface area contributed by atoms with E-state index in [9.17, 15) is 4.79 Å². The molecule has 148 valence electrons. The van der Waals surface area contributed by atoms with Crippen molar-refractivity contribution in [3.05, 3.63) is 11.6 Å². The minimum absolute atomic E-state index is 0. The Bertz CT molecular complexity index is 580. The summed E-state index contributed by atoms with van der Waals surface area (Å²) in [7, 11) is 1.73. The summed E-state index contributed by atoms with van der Waals surface area (Å²) >= 11 is 0. The van der Waals surface area contributed by atoms with Gasteiger partial charge in [-0.15, -0.1) is 22.6 Å². The molecule has 8 heteroatoms. The van der Waals surface area contributed by atoms with Crippen LogP contribution in [-0.2, 0) is 17.7 Å². The third kappa shape index (κ3) is 4.96. The van der Waals surface area contributed by atoms with Crippen LogP contribution in [0.5, 0.6) is 0 Å². The van der Waals surface area contributed by atoms with Crippen LogP contribution < -0.4 is 5.32 Å². The first-order valence-electron chi connectivity index (χ1n) is 9.67. The van der Waals surface area contributed by atoms with Gasteiger partial charge in [-0.1, -0.05) is 19.8 Å². The first-order chi connectivity index (χ1) is 12.2. The van der Waals surface area contributed by atoms with Gasteiger partial charge in [0, 0.05) is 45.8 Å². The zero-order valence-corrected chi connectivity index (χ0v) is 16.8. The van der Waals surface area contributed by atoms with Crippen LogP contribution in [0.1, 0.15) is 55.5 Å². The van der Waals surface area contributed by atoms with Crippen molar-refractivity contribution in [2.45, 2.75) is 58.0 Å². The quantitative estimate of drug-likeness (QED) is 0.776. The molecular formula is C18H32ClN5O2. The molecule has 7 nitrogen and oxygen atoms in total. The van der Waals surface area contributed by atoms with Gasteiger partial charge in [-0.2, -0.15) is 0 Å². The SMILES string of the molecule is CCC[C@H]1CN(CCOC)C[C@@H]1NC(=O)c1nnc2n1CCCCC2.Cl. The number of likely N-dealkylation sites (tertiary alicyclic amines) is 1. The van der Waals surface area contributed by atoms with E-state index in [-0.39, 0.29) is 24.4 Å². The second-order valence-electron chi connectivity index (χ2n) is 7.28. The third-order valence-corrected chi connectivity index (χ3v) is 5.42. The van der Waals surface area contributed by atoms with Crippen molar-refractivity contribution in [2.75, 3.05) is 33.4 Å². The van der Waals surface area contributed by atoms with Crippen LogP contribution in [-0.4, -0.2) is 65.0 Å². The molecule has 0 unspecified atom stereocenters. The highest BCUT2D eigenvalue weighted by atomic mass is 35.5. The van der Waals surface area contributed by atoms with E-state index in [2.05, 4.69) is 27.3 Å². The van der Waals surface area contributed by atoms with Crippen LogP contribution in [0.25, 0.3) is 0 Å². The molecule has 3 heterocycles. The highest BCUT2D eigenvalue weighted by molar-refractivity contribution is 5.91. The van der Waals surface area contributed by atoms with Crippen molar-refractivity contribution in [2.24, 2.45) is 5.92 Å². The average molecular weight is 386 g/mol. The van der Waals surface area contributed by atoms with Gasteiger partial charge >= 0.3 is 0 Å². The number of nitrogens with one attached hydrogen (secondary N) is 1. The Kier molecular flexibility index (Phi) is 8.31. The number of fused-ring (bicyclic) bond motifs is 1. The highest BCUT2D eigenvalue weighted by Gasteiger charge is 2.34. The largest absolute Gasteiger partial charge is 0.383 e. The number of aromatic nitrogens is 3. The topological polar surface area (TPSA) is 72.3 Å². The lowest BCUT2D eigenvalue weighted by Gasteiger charge is -2.19. The summed E-state index contributed by atoms with van der Waals surface area (Å²) in [6.45, 7) is 6.63. The maximum Gasteiger partial charge on any atom is 0.289 e. The van der Waals surface area contributed by atoms with Gasteiger partial charge in [0.05, 0.1) is 6.61 Å². The molecule has 0 radical (unpaired) electrons. The van der Waals surface area contributed by atoms with Crippen molar-refractivity contribution < 1.29 is 9.53 Å². The van der Waals surface area contributed by atoms with Crippen molar-refractivity contribution in [3.8, 4) is 0 Å². The summed E-state index contributed by atoms with van der Waals surface area (Å²) in [5.41, 5.74) is 0. The average Bonchev–Trinajstić information content (AvgIpc) is 3.10. The van der Waals surface area contributed by atoms with Crippen molar-refractivity contribution in [1.82, 2.24) is 25.0 Å². The Morgan fingerprint density at radius 3 is 2.88 bits per heavy atom. The zero-order valence-electron chi connectivity index (χ0n) is 15.9. The van der Waals surface area contributed by atoms with E-state index >= 15 is 0 Å². The van der Waals surface area contributed by atoms with Crippen LogP contribution >= 0.6 is 12.4 Å². The molecular weight excluding hydrogens is 354 g/mol. The minimum Gasteiger partial charge on any atom is -0.383 e. The first kappa shape index (κ1) is 21.1. The standard InChI is InChI=1S/C18H31N5O2.ClH/c1-3-7-14-12-22(10-11-25-2)13-15(14)19-18(24)17-21-20-16-8-5-4-6-9-23(16)17;/h14-15H,3-13H2,1-2H3,(H,19,24);1H/t14-,15-;/m0./s1. The fraction of sp³-hybridized carbons (Fsp3) is 0.833. The van der Waals surface area contributed by atoms with E-state index in [1.54, 1.807) is 7.11 Å². The summed E-state index contributed by atoms with van der Waals surface area (Å²) in [5.74, 6) is 1.88. The summed E-state index contributed by atoms with van der Waals surface area (Å²) in [6, 6.07) is 0.183. The number of aryl methyl sites for hydroxylation is 1. The molecule has 2 atom stereocenters. The van der Waals surface area contributed by atoms with Crippen LogP contribution in [0.2, 0.25) is 0 Å². The van der Waals surface area contributed by atoms with Gasteiger partial charge in [0.15, 0.2) is 0 Å². The van der Waals surface area contributed by atoms with Gasteiger partial charge in [0.25, 0.3) is 5.91 Å². The Morgan fingerprint density at radius 2 is 2.12 bits per heavy atom. The predicted octanol–water partition coefficient (Wildman–Crippen LogP) is 1.90. The Morgan fingerprint density at radius 1 is 1.27 bits per heavy atom. The van der Waals surface area contributed by atoms with Crippen LogP contribution in [0, 0.1) is 5.92 Å². The second kappa shape index (κ2) is 10.2. The minimum atomic E-state index is -0.0691. The Hall–Kier alpha value is -1.18. The van der Waals surface area contributed by atoms with E-state index < -0.39 is 0 Å². The molecule has 0 aromatic carbocycles. The van der Waals surface area contributed by atoms with Crippen molar-refractivity contribution >= 4 is 18.3 Å².